The first-order valence-electron chi connectivity index (χ1n) is 10.5. The summed E-state index contributed by atoms with van der Waals surface area (Å²) < 4.78 is 1.88. The Morgan fingerprint density at radius 3 is 2.70 bits per heavy atom. The molecule has 0 spiro atoms. The Kier molecular flexibility index (Phi) is 5.15. The molecule has 0 aliphatic heterocycles. The van der Waals surface area contributed by atoms with Crippen LogP contribution in [0.15, 0.2) is 60.9 Å². The van der Waals surface area contributed by atoms with E-state index in [2.05, 4.69) is 44.9 Å². The van der Waals surface area contributed by atoms with Crippen LogP contribution in [0.2, 0.25) is 0 Å². The van der Waals surface area contributed by atoms with E-state index in [4.69, 9.17) is 0 Å². The van der Waals surface area contributed by atoms with Crippen molar-refractivity contribution in [1.82, 2.24) is 25.3 Å². The van der Waals surface area contributed by atoms with Gasteiger partial charge in [0.15, 0.2) is 5.78 Å². The lowest BCUT2D eigenvalue weighted by molar-refractivity contribution is 0.0989. The largest absolute Gasteiger partial charge is 0.312 e. The molecule has 5 rings (SSSR count). The fourth-order valence-corrected chi connectivity index (χ4v) is 3.72. The molecule has 0 saturated heterocycles. The molecule has 30 heavy (non-hydrogen) atoms. The first kappa shape index (κ1) is 18.8. The van der Waals surface area contributed by atoms with E-state index >= 15 is 0 Å². The zero-order valence-electron chi connectivity index (χ0n) is 16.8. The fraction of sp³-hybridized carbons (Fsp3) is 0.292. The van der Waals surface area contributed by atoms with E-state index in [0.717, 1.165) is 35.5 Å². The summed E-state index contributed by atoms with van der Waals surface area (Å²) in [7, 11) is 0. The molecule has 1 aliphatic rings. The van der Waals surface area contributed by atoms with Gasteiger partial charge < -0.3 is 5.32 Å². The molecule has 0 radical (unpaired) electrons. The number of H-pyrrole nitrogens is 1. The number of aromatic amines is 1. The molecule has 1 saturated carbocycles. The zero-order chi connectivity index (χ0) is 20.3. The Labute approximate surface area is 175 Å². The first-order chi connectivity index (χ1) is 14.7. The van der Waals surface area contributed by atoms with Crippen molar-refractivity contribution in [2.45, 2.75) is 32.4 Å². The predicted molar refractivity (Wildman–Crippen MR) is 116 cm³/mol. The molecule has 0 atom stereocenters. The van der Waals surface area contributed by atoms with Gasteiger partial charge in [0, 0.05) is 24.5 Å². The summed E-state index contributed by atoms with van der Waals surface area (Å²) in [6.07, 6.45) is 6.75. The van der Waals surface area contributed by atoms with Crippen LogP contribution in [0.1, 0.15) is 40.0 Å². The van der Waals surface area contributed by atoms with Crippen LogP contribution < -0.4 is 5.32 Å². The van der Waals surface area contributed by atoms with Crippen LogP contribution in [0.5, 0.6) is 0 Å². The zero-order valence-corrected chi connectivity index (χ0v) is 16.8. The minimum atomic E-state index is -0.00458. The normalized spacial score (nSPS) is 13.7. The van der Waals surface area contributed by atoms with Crippen molar-refractivity contribution in [3.05, 3.63) is 83.3 Å². The third-order valence-corrected chi connectivity index (χ3v) is 5.61. The minimum Gasteiger partial charge on any atom is -0.312 e. The van der Waals surface area contributed by atoms with Crippen LogP contribution in [0.4, 0.5) is 0 Å². The van der Waals surface area contributed by atoms with E-state index in [1.54, 1.807) is 6.20 Å². The van der Waals surface area contributed by atoms with Gasteiger partial charge in [-0.25, -0.2) is 0 Å². The summed E-state index contributed by atoms with van der Waals surface area (Å²) in [4.78, 5) is 12.7. The molecule has 152 valence electrons. The van der Waals surface area contributed by atoms with E-state index < -0.39 is 0 Å². The van der Waals surface area contributed by atoms with Crippen molar-refractivity contribution in [1.29, 1.82) is 0 Å². The maximum atomic E-state index is 12.7. The minimum absolute atomic E-state index is 0.00458. The Morgan fingerprint density at radius 2 is 1.87 bits per heavy atom. The quantitative estimate of drug-likeness (QED) is 0.421. The second kappa shape index (κ2) is 8.24. The number of carbonyl (C=O) groups is 1. The molecule has 4 aromatic rings. The molecule has 2 N–H and O–H groups in total. The highest BCUT2D eigenvalue weighted by Gasteiger charge is 2.20. The lowest BCUT2D eigenvalue weighted by Crippen LogP contribution is -2.16. The highest BCUT2D eigenvalue weighted by molar-refractivity contribution is 6.06. The van der Waals surface area contributed by atoms with Crippen LogP contribution in [0.3, 0.4) is 0 Å². The van der Waals surface area contributed by atoms with Gasteiger partial charge in [-0.15, -0.1) is 0 Å². The maximum absolute atomic E-state index is 12.7. The molecule has 6 nitrogen and oxygen atoms in total. The Balaban J connectivity index is 1.18. The van der Waals surface area contributed by atoms with Gasteiger partial charge in [0.2, 0.25) is 0 Å². The van der Waals surface area contributed by atoms with Gasteiger partial charge in [0.1, 0.15) is 5.69 Å². The summed E-state index contributed by atoms with van der Waals surface area (Å²) in [5.41, 5.74) is 4.76. The monoisotopic (exact) mass is 399 g/mol. The SMILES string of the molecule is O=C(Cc1cnn(Cc2ccc(CNCC3CC3)cc2)c1)c1n[nH]c2ccccc12. The summed E-state index contributed by atoms with van der Waals surface area (Å²) in [6, 6.07) is 16.3. The van der Waals surface area contributed by atoms with Crippen LogP contribution in [-0.4, -0.2) is 32.3 Å². The van der Waals surface area contributed by atoms with Gasteiger partial charge in [0.25, 0.3) is 0 Å². The number of fused-ring (bicyclic) bond motifs is 1. The lowest BCUT2D eigenvalue weighted by Gasteiger charge is -2.06. The number of benzene rings is 2. The summed E-state index contributed by atoms with van der Waals surface area (Å²) >= 11 is 0. The average molecular weight is 399 g/mol. The topological polar surface area (TPSA) is 75.6 Å². The van der Waals surface area contributed by atoms with E-state index in [9.17, 15) is 4.79 Å². The standard InChI is InChI=1S/C24H25N5O/c30-23(24-21-3-1-2-4-22(21)27-28-24)11-20-14-26-29(16-20)15-19-9-7-18(8-10-19)13-25-12-17-5-6-17/h1-4,7-10,14,16-17,25H,5-6,11-13,15H2,(H,27,28). The third-order valence-electron chi connectivity index (χ3n) is 5.61. The van der Waals surface area contributed by atoms with Gasteiger partial charge in [-0.1, -0.05) is 42.5 Å². The number of hydrogen-bond donors (Lipinski definition) is 2. The van der Waals surface area contributed by atoms with Gasteiger partial charge >= 0.3 is 0 Å². The molecule has 1 aliphatic carbocycles. The number of nitrogens with one attached hydrogen (secondary N) is 2. The smallest absolute Gasteiger partial charge is 0.188 e. The molecular weight excluding hydrogens is 374 g/mol. The van der Waals surface area contributed by atoms with Crippen molar-refractivity contribution in [2.75, 3.05) is 6.54 Å². The number of carbonyl (C=O) groups excluding carboxylic acids is 1. The molecule has 0 bridgehead atoms. The number of para-hydroxylation sites is 1. The van der Waals surface area contributed by atoms with Crippen molar-refractivity contribution < 1.29 is 4.79 Å². The Bertz CT molecular complexity index is 1150. The predicted octanol–water partition coefficient (Wildman–Crippen LogP) is 3.73. The molecule has 1 fully saturated rings. The number of aromatic nitrogens is 4. The Hall–Kier alpha value is -3.25. The highest BCUT2D eigenvalue weighted by Crippen LogP contribution is 2.27. The third kappa shape index (κ3) is 4.33. The molecular formula is C24H25N5O. The number of ketones is 1. The van der Waals surface area contributed by atoms with Crippen molar-refractivity contribution in [2.24, 2.45) is 5.92 Å². The lowest BCUT2D eigenvalue weighted by atomic mass is 10.1. The van der Waals surface area contributed by atoms with Crippen molar-refractivity contribution in [3.8, 4) is 0 Å². The second-order valence-electron chi connectivity index (χ2n) is 8.15. The molecule has 6 heteroatoms. The first-order valence-corrected chi connectivity index (χ1v) is 10.5. The van der Waals surface area contributed by atoms with Gasteiger partial charge in [-0.05, 0) is 48.1 Å². The Morgan fingerprint density at radius 1 is 1.07 bits per heavy atom. The van der Waals surface area contributed by atoms with Crippen LogP contribution >= 0.6 is 0 Å². The van der Waals surface area contributed by atoms with Crippen LogP contribution in [-0.2, 0) is 19.5 Å². The van der Waals surface area contributed by atoms with Crippen molar-refractivity contribution >= 4 is 16.7 Å². The number of rotatable bonds is 9. The van der Waals surface area contributed by atoms with E-state index in [1.165, 1.54) is 24.0 Å². The van der Waals surface area contributed by atoms with E-state index in [-0.39, 0.29) is 5.78 Å². The average Bonchev–Trinajstić information content (AvgIpc) is 3.31. The van der Waals surface area contributed by atoms with E-state index in [1.807, 2.05) is 35.1 Å². The number of Topliss-reactive ketones (excluding diaryl/α,β-unsaturated/α-hetero) is 1. The van der Waals surface area contributed by atoms with Crippen LogP contribution in [0, 0.1) is 5.92 Å². The molecule has 0 unspecified atom stereocenters. The number of nitrogens with zero attached hydrogens (tertiary/aromatic N) is 3. The van der Waals surface area contributed by atoms with Crippen LogP contribution in [0.25, 0.3) is 10.9 Å². The van der Waals surface area contributed by atoms with Gasteiger partial charge in [-0.3, -0.25) is 14.6 Å². The highest BCUT2D eigenvalue weighted by atomic mass is 16.1. The number of hydrogen-bond acceptors (Lipinski definition) is 4. The molecule has 0 amide bonds. The van der Waals surface area contributed by atoms with Crippen molar-refractivity contribution in [3.63, 3.8) is 0 Å². The van der Waals surface area contributed by atoms with E-state index in [0.29, 0.717) is 18.7 Å². The summed E-state index contributed by atoms with van der Waals surface area (Å²) in [6.45, 7) is 2.74. The molecule has 2 aromatic heterocycles. The summed E-state index contributed by atoms with van der Waals surface area (Å²) in [5.74, 6) is 0.895. The molecule has 2 heterocycles. The molecule has 2 aromatic carbocycles. The second-order valence-corrected chi connectivity index (χ2v) is 8.15. The summed E-state index contributed by atoms with van der Waals surface area (Å²) in [5, 5.41) is 15.9. The maximum Gasteiger partial charge on any atom is 0.188 e. The van der Waals surface area contributed by atoms with Gasteiger partial charge in [-0.2, -0.15) is 10.2 Å². The fourth-order valence-electron chi connectivity index (χ4n) is 3.72. The van der Waals surface area contributed by atoms with Gasteiger partial charge in [0.05, 0.1) is 18.3 Å².